The fourth-order valence-electron chi connectivity index (χ4n) is 5.55. The van der Waals surface area contributed by atoms with Crippen molar-refractivity contribution < 1.29 is 19.1 Å². The summed E-state index contributed by atoms with van der Waals surface area (Å²) < 4.78 is 14.6. The first-order chi connectivity index (χ1) is 21.9. The van der Waals surface area contributed by atoms with Crippen LogP contribution in [0.5, 0.6) is 0 Å². The number of para-hydroxylation sites is 1. The Hall–Kier alpha value is -4.67. The van der Waals surface area contributed by atoms with Gasteiger partial charge >= 0.3 is 11.9 Å². The van der Waals surface area contributed by atoms with Crippen LogP contribution < -0.4 is 14.9 Å². The lowest BCUT2D eigenvalue weighted by molar-refractivity contribution is -0.143. The molecule has 8 nitrogen and oxygen atoms in total. The molecule has 3 aromatic carbocycles. The molecule has 0 amide bonds. The van der Waals surface area contributed by atoms with Crippen LogP contribution in [0.25, 0.3) is 22.7 Å². The van der Waals surface area contributed by atoms with E-state index in [1.165, 1.54) is 11.3 Å². The maximum Gasteiger partial charge on any atom is 0.338 e. The Labute approximate surface area is 267 Å². The molecule has 1 aliphatic heterocycles. The number of thioether (sulfide) groups is 1. The molecular formula is C35H31N3O5S2. The molecule has 0 saturated carbocycles. The first-order valence-electron chi connectivity index (χ1n) is 14.6. The minimum atomic E-state index is -0.751. The van der Waals surface area contributed by atoms with Gasteiger partial charge in [-0.3, -0.25) is 14.2 Å². The number of carbonyl (C=O) groups excluding carboxylic acids is 2. The third-order valence-corrected chi connectivity index (χ3v) is 9.24. The zero-order valence-corrected chi connectivity index (χ0v) is 26.7. The third-order valence-electron chi connectivity index (χ3n) is 7.52. The lowest BCUT2D eigenvalue weighted by Crippen LogP contribution is -2.40. The van der Waals surface area contributed by atoms with Crippen LogP contribution >= 0.6 is 23.1 Å². The highest BCUT2D eigenvalue weighted by Gasteiger charge is 2.35. The Morgan fingerprint density at radius 3 is 2.38 bits per heavy atom. The molecule has 0 N–H and O–H groups in total. The van der Waals surface area contributed by atoms with E-state index in [9.17, 15) is 14.4 Å². The molecule has 10 heteroatoms. The Morgan fingerprint density at radius 2 is 1.67 bits per heavy atom. The molecule has 0 spiro atoms. The number of thiazole rings is 1. The zero-order valence-electron chi connectivity index (χ0n) is 25.1. The number of carbonyl (C=O) groups is 2. The molecule has 0 unspecified atom stereocenters. The van der Waals surface area contributed by atoms with Gasteiger partial charge in [0, 0.05) is 33.1 Å². The standard InChI is InChI=1S/C35H31N3O5S2/c1-4-42-29(39)21-37-20-24(26-13-9-10-14-27(26)37)19-28-33(40)38-32(23-15-17-25(44-3)18-16-23)30(34(41)43-5-2)31(36-35(38)45-28)22-11-7-6-8-12-22/h6-20,32H,4-5,21H2,1-3H3/b28-19-/t32-/m0/s1. The summed E-state index contributed by atoms with van der Waals surface area (Å²) in [5.41, 5.74) is 3.69. The van der Waals surface area contributed by atoms with E-state index in [2.05, 4.69) is 0 Å². The Kier molecular flexibility index (Phi) is 8.86. The summed E-state index contributed by atoms with van der Waals surface area (Å²) in [6.07, 6.45) is 5.69. The fourth-order valence-corrected chi connectivity index (χ4v) is 6.95. The van der Waals surface area contributed by atoms with Gasteiger partial charge in [0.15, 0.2) is 4.80 Å². The van der Waals surface area contributed by atoms with Gasteiger partial charge in [-0.2, -0.15) is 0 Å². The van der Waals surface area contributed by atoms with Crippen LogP contribution in [0.1, 0.15) is 36.6 Å². The van der Waals surface area contributed by atoms with Crippen LogP contribution in [0.3, 0.4) is 0 Å². The predicted molar refractivity (Wildman–Crippen MR) is 178 cm³/mol. The molecule has 0 bridgehead atoms. The second kappa shape index (κ2) is 13.1. The van der Waals surface area contributed by atoms with Gasteiger partial charge in [0.25, 0.3) is 5.56 Å². The maximum absolute atomic E-state index is 14.3. The van der Waals surface area contributed by atoms with E-state index in [0.29, 0.717) is 27.2 Å². The second-order valence-electron chi connectivity index (χ2n) is 10.2. The van der Waals surface area contributed by atoms with Gasteiger partial charge in [0.05, 0.1) is 35.1 Å². The third kappa shape index (κ3) is 5.91. The van der Waals surface area contributed by atoms with E-state index in [4.69, 9.17) is 14.5 Å². The molecule has 1 aliphatic rings. The molecule has 45 heavy (non-hydrogen) atoms. The van der Waals surface area contributed by atoms with E-state index in [1.807, 2.05) is 102 Å². The van der Waals surface area contributed by atoms with Crippen molar-refractivity contribution in [3.05, 3.63) is 127 Å². The van der Waals surface area contributed by atoms with Crippen LogP contribution in [0, 0.1) is 0 Å². The minimum absolute atomic E-state index is 0.0544. The first-order valence-corrected chi connectivity index (χ1v) is 16.6. The SMILES string of the molecule is CCOC(=O)Cn1cc(/C=c2\sc3n(c2=O)[C@@H](c2ccc(SC)cc2)C(C(=O)OCC)=C(c2ccccc2)N=3)c2ccccc21. The molecular weight excluding hydrogens is 607 g/mol. The summed E-state index contributed by atoms with van der Waals surface area (Å²) in [5.74, 6) is -0.855. The summed E-state index contributed by atoms with van der Waals surface area (Å²) >= 11 is 2.88. The number of aromatic nitrogens is 2. The van der Waals surface area contributed by atoms with Crippen LogP contribution in [0.4, 0.5) is 0 Å². The van der Waals surface area contributed by atoms with Crippen LogP contribution in [-0.4, -0.2) is 40.5 Å². The van der Waals surface area contributed by atoms with Crippen LogP contribution in [0.2, 0.25) is 0 Å². The number of hydrogen-bond acceptors (Lipinski definition) is 8. The van der Waals surface area contributed by atoms with Crippen molar-refractivity contribution in [3.63, 3.8) is 0 Å². The number of ether oxygens (including phenoxy) is 2. The first kappa shape index (κ1) is 30.4. The maximum atomic E-state index is 14.3. The molecule has 1 atom stereocenters. The number of fused-ring (bicyclic) bond motifs is 2. The van der Waals surface area contributed by atoms with Gasteiger partial charge < -0.3 is 14.0 Å². The van der Waals surface area contributed by atoms with E-state index in [-0.39, 0.29) is 24.7 Å². The topological polar surface area (TPSA) is 91.9 Å². The van der Waals surface area contributed by atoms with Crippen molar-refractivity contribution >= 4 is 57.7 Å². The fraction of sp³-hybridized carbons (Fsp3) is 0.200. The average molecular weight is 638 g/mol. The van der Waals surface area contributed by atoms with Crippen molar-refractivity contribution in [2.75, 3.05) is 19.5 Å². The summed E-state index contributed by atoms with van der Waals surface area (Å²) in [5, 5.41) is 0.897. The summed E-state index contributed by atoms with van der Waals surface area (Å²) in [6.45, 7) is 4.07. The monoisotopic (exact) mass is 637 g/mol. The van der Waals surface area contributed by atoms with Crippen molar-refractivity contribution in [1.29, 1.82) is 0 Å². The van der Waals surface area contributed by atoms with Gasteiger partial charge in [-0.25, -0.2) is 9.79 Å². The molecule has 0 aliphatic carbocycles. The van der Waals surface area contributed by atoms with Gasteiger partial charge in [0.2, 0.25) is 0 Å². The van der Waals surface area contributed by atoms with Crippen molar-refractivity contribution in [2.24, 2.45) is 4.99 Å². The Morgan fingerprint density at radius 1 is 0.956 bits per heavy atom. The molecule has 5 aromatic rings. The number of benzene rings is 3. The lowest BCUT2D eigenvalue weighted by atomic mass is 9.93. The molecule has 0 saturated heterocycles. The molecule has 3 heterocycles. The predicted octanol–water partition coefficient (Wildman–Crippen LogP) is 5.18. The van der Waals surface area contributed by atoms with Gasteiger partial charge in [0.1, 0.15) is 6.54 Å². The average Bonchev–Trinajstić information content (AvgIpc) is 3.56. The highest BCUT2D eigenvalue weighted by molar-refractivity contribution is 7.98. The molecule has 228 valence electrons. The number of esters is 2. The van der Waals surface area contributed by atoms with Crippen molar-refractivity contribution in [1.82, 2.24) is 9.13 Å². The summed E-state index contributed by atoms with van der Waals surface area (Å²) in [7, 11) is 0. The summed E-state index contributed by atoms with van der Waals surface area (Å²) in [6, 6.07) is 24.3. The molecule has 6 rings (SSSR count). The van der Waals surface area contributed by atoms with E-state index in [1.54, 1.807) is 30.2 Å². The zero-order chi connectivity index (χ0) is 31.5. The highest BCUT2D eigenvalue weighted by atomic mass is 32.2. The number of nitrogens with zero attached hydrogens (tertiary/aromatic N) is 3. The van der Waals surface area contributed by atoms with E-state index in [0.717, 1.165) is 32.5 Å². The minimum Gasteiger partial charge on any atom is -0.465 e. The van der Waals surface area contributed by atoms with Crippen molar-refractivity contribution in [2.45, 2.75) is 31.3 Å². The highest BCUT2D eigenvalue weighted by Crippen LogP contribution is 2.35. The molecule has 0 radical (unpaired) electrons. The van der Waals surface area contributed by atoms with Gasteiger partial charge in [-0.15, -0.1) is 11.8 Å². The molecule has 0 fully saturated rings. The normalized spacial score (nSPS) is 14.7. The lowest BCUT2D eigenvalue weighted by Gasteiger charge is -2.26. The second-order valence-corrected chi connectivity index (χ2v) is 12.1. The van der Waals surface area contributed by atoms with E-state index >= 15 is 0 Å². The number of hydrogen-bond donors (Lipinski definition) is 0. The smallest absolute Gasteiger partial charge is 0.338 e. The van der Waals surface area contributed by atoms with Gasteiger partial charge in [-0.1, -0.05) is 72.0 Å². The molecule has 2 aromatic heterocycles. The quantitative estimate of drug-likeness (QED) is 0.164. The summed E-state index contributed by atoms with van der Waals surface area (Å²) in [4.78, 5) is 46.8. The van der Waals surface area contributed by atoms with Crippen LogP contribution in [0.15, 0.2) is 105 Å². The van der Waals surface area contributed by atoms with Crippen LogP contribution in [-0.2, 0) is 25.6 Å². The Balaban J connectivity index is 1.59. The van der Waals surface area contributed by atoms with Crippen molar-refractivity contribution in [3.8, 4) is 0 Å². The Bertz CT molecular complexity index is 2110. The largest absolute Gasteiger partial charge is 0.465 e. The van der Waals surface area contributed by atoms with E-state index < -0.39 is 12.0 Å². The van der Waals surface area contributed by atoms with Gasteiger partial charge in [-0.05, 0) is 49.9 Å². The number of rotatable bonds is 9.